The first-order valence-electron chi connectivity index (χ1n) is 3.70. The predicted octanol–water partition coefficient (Wildman–Crippen LogP) is 0.325. The zero-order valence-corrected chi connectivity index (χ0v) is 6.87. The minimum Gasteiger partial charge on any atom is -0.383 e. The topological polar surface area (TPSA) is 82.0 Å². The van der Waals surface area contributed by atoms with E-state index in [1.165, 1.54) is 6.20 Å². The lowest BCUT2D eigenvalue weighted by Gasteiger charge is -2.05. The van der Waals surface area contributed by atoms with Crippen LogP contribution in [0.1, 0.15) is 22.8 Å². The summed E-state index contributed by atoms with van der Waals surface area (Å²) in [5, 5.41) is 0. The number of carbonyl (C=O) groups excluding carboxylic acids is 1. The van der Waals surface area contributed by atoms with E-state index in [0.29, 0.717) is 17.8 Å². The van der Waals surface area contributed by atoms with Crippen molar-refractivity contribution >= 4 is 11.7 Å². The number of pyridine rings is 1. The van der Waals surface area contributed by atoms with E-state index in [2.05, 4.69) is 4.98 Å². The van der Waals surface area contributed by atoms with E-state index in [-0.39, 0.29) is 0 Å². The van der Waals surface area contributed by atoms with Gasteiger partial charge in [-0.05, 0) is 12.5 Å². The van der Waals surface area contributed by atoms with Gasteiger partial charge in [0, 0.05) is 17.3 Å². The summed E-state index contributed by atoms with van der Waals surface area (Å²) in [7, 11) is 0. The quantitative estimate of drug-likeness (QED) is 0.662. The summed E-state index contributed by atoms with van der Waals surface area (Å²) in [6.45, 7) is 1.90. The molecule has 0 bridgehead atoms. The maximum absolute atomic E-state index is 10.9. The molecule has 0 saturated carbocycles. The van der Waals surface area contributed by atoms with Gasteiger partial charge in [-0.25, -0.2) is 4.98 Å². The van der Waals surface area contributed by atoms with Crippen molar-refractivity contribution in [1.29, 1.82) is 0 Å². The van der Waals surface area contributed by atoms with Crippen LogP contribution in [0.2, 0.25) is 0 Å². The van der Waals surface area contributed by atoms with Crippen LogP contribution in [0, 0.1) is 0 Å². The lowest BCUT2D eigenvalue weighted by Crippen LogP contribution is -2.15. The summed E-state index contributed by atoms with van der Waals surface area (Å²) in [5.74, 6) is -0.0743. The highest BCUT2D eigenvalue weighted by Crippen LogP contribution is 2.13. The van der Waals surface area contributed by atoms with Gasteiger partial charge in [-0.1, -0.05) is 6.92 Å². The standard InChI is InChI=1S/C8H11N3O/c1-2-5-6(8(10)12)3-4-11-7(5)9/h3-4H,2H2,1H3,(H2,9,11)(H2,10,12). The molecule has 0 aliphatic heterocycles. The van der Waals surface area contributed by atoms with Crippen LogP contribution >= 0.6 is 0 Å². The number of aromatic nitrogens is 1. The number of carbonyl (C=O) groups is 1. The van der Waals surface area contributed by atoms with Crippen LogP contribution in [0.15, 0.2) is 12.3 Å². The van der Waals surface area contributed by atoms with E-state index in [4.69, 9.17) is 11.5 Å². The second-order valence-corrected chi connectivity index (χ2v) is 2.44. The maximum Gasteiger partial charge on any atom is 0.249 e. The van der Waals surface area contributed by atoms with Crippen LogP contribution in [-0.2, 0) is 6.42 Å². The van der Waals surface area contributed by atoms with Crippen molar-refractivity contribution in [2.24, 2.45) is 5.73 Å². The Labute approximate surface area is 70.6 Å². The number of nitrogens with two attached hydrogens (primary N) is 2. The number of hydrogen-bond donors (Lipinski definition) is 2. The molecule has 4 heteroatoms. The Balaban J connectivity index is 3.27. The third kappa shape index (κ3) is 1.37. The molecule has 4 N–H and O–H groups in total. The van der Waals surface area contributed by atoms with Gasteiger partial charge in [-0.3, -0.25) is 4.79 Å². The monoisotopic (exact) mass is 165 g/mol. The summed E-state index contributed by atoms with van der Waals surface area (Å²) < 4.78 is 0. The SMILES string of the molecule is CCc1c(C(N)=O)ccnc1N. The van der Waals surface area contributed by atoms with Gasteiger partial charge in [0.1, 0.15) is 5.82 Å². The van der Waals surface area contributed by atoms with Crippen LogP contribution < -0.4 is 11.5 Å². The lowest BCUT2D eigenvalue weighted by molar-refractivity contribution is 0.0999. The van der Waals surface area contributed by atoms with Crippen LogP contribution in [0.4, 0.5) is 5.82 Å². The zero-order chi connectivity index (χ0) is 9.14. The number of amides is 1. The molecule has 0 aliphatic rings. The van der Waals surface area contributed by atoms with Gasteiger partial charge in [-0.2, -0.15) is 0 Å². The summed E-state index contributed by atoms with van der Waals surface area (Å²) in [4.78, 5) is 14.7. The van der Waals surface area contributed by atoms with Crippen molar-refractivity contribution in [2.75, 3.05) is 5.73 Å². The van der Waals surface area contributed by atoms with Gasteiger partial charge in [0.15, 0.2) is 0 Å². The Bertz CT molecular complexity index is 309. The summed E-state index contributed by atoms with van der Waals surface area (Å²) >= 11 is 0. The first-order valence-corrected chi connectivity index (χ1v) is 3.70. The van der Waals surface area contributed by atoms with E-state index in [0.717, 1.165) is 5.56 Å². The number of hydrogen-bond acceptors (Lipinski definition) is 3. The van der Waals surface area contributed by atoms with Crippen molar-refractivity contribution in [2.45, 2.75) is 13.3 Å². The third-order valence-electron chi connectivity index (χ3n) is 1.71. The van der Waals surface area contributed by atoms with Crippen molar-refractivity contribution in [1.82, 2.24) is 4.98 Å². The first kappa shape index (κ1) is 8.52. The van der Waals surface area contributed by atoms with E-state index < -0.39 is 5.91 Å². The predicted molar refractivity (Wildman–Crippen MR) is 46.5 cm³/mol. The number of anilines is 1. The molecule has 0 unspecified atom stereocenters. The average Bonchev–Trinajstić information content (AvgIpc) is 2.03. The minimum absolute atomic E-state index is 0.383. The fraction of sp³-hybridized carbons (Fsp3) is 0.250. The number of nitrogens with zero attached hydrogens (tertiary/aromatic N) is 1. The smallest absolute Gasteiger partial charge is 0.249 e. The van der Waals surface area contributed by atoms with Crippen LogP contribution in [0.5, 0.6) is 0 Å². The van der Waals surface area contributed by atoms with Crippen LogP contribution in [-0.4, -0.2) is 10.9 Å². The van der Waals surface area contributed by atoms with Gasteiger partial charge in [0.05, 0.1) is 0 Å². The van der Waals surface area contributed by atoms with Crippen molar-refractivity contribution in [3.05, 3.63) is 23.4 Å². The Morgan fingerprint density at radius 1 is 1.67 bits per heavy atom. The molecular formula is C8H11N3O. The van der Waals surface area contributed by atoms with Gasteiger partial charge in [-0.15, -0.1) is 0 Å². The molecule has 0 atom stereocenters. The largest absolute Gasteiger partial charge is 0.383 e. The molecule has 0 aromatic carbocycles. The normalized spacial score (nSPS) is 9.75. The van der Waals surface area contributed by atoms with Gasteiger partial charge in [0.25, 0.3) is 0 Å². The molecular weight excluding hydrogens is 154 g/mol. The molecule has 4 nitrogen and oxygen atoms in total. The van der Waals surface area contributed by atoms with E-state index >= 15 is 0 Å². The summed E-state index contributed by atoms with van der Waals surface area (Å²) in [6, 6.07) is 1.58. The van der Waals surface area contributed by atoms with Gasteiger partial charge in [0.2, 0.25) is 5.91 Å². The van der Waals surface area contributed by atoms with Crippen LogP contribution in [0.25, 0.3) is 0 Å². The molecule has 64 valence electrons. The average molecular weight is 165 g/mol. The van der Waals surface area contributed by atoms with Crippen molar-refractivity contribution in [3.63, 3.8) is 0 Å². The number of primary amides is 1. The molecule has 1 rings (SSSR count). The Morgan fingerprint density at radius 2 is 2.33 bits per heavy atom. The first-order chi connectivity index (χ1) is 5.66. The molecule has 0 fully saturated rings. The van der Waals surface area contributed by atoms with E-state index in [9.17, 15) is 4.79 Å². The molecule has 0 saturated heterocycles. The molecule has 12 heavy (non-hydrogen) atoms. The molecule has 1 heterocycles. The Morgan fingerprint density at radius 3 is 2.75 bits per heavy atom. The maximum atomic E-state index is 10.9. The second kappa shape index (κ2) is 3.21. The summed E-state index contributed by atoms with van der Waals surface area (Å²) in [5.41, 5.74) is 11.9. The highest BCUT2D eigenvalue weighted by atomic mass is 16.1. The summed E-state index contributed by atoms with van der Waals surface area (Å²) in [6.07, 6.45) is 2.15. The van der Waals surface area contributed by atoms with Crippen molar-refractivity contribution < 1.29 is 4.79 Å². The lowest BCUT2D eigenvalue weighted by atomic mass is 10.1. The molecule has 1 aromatic rings. The number of rotatable bonds is 2. The number of nitrogen functional groups attached to an aromatic ring is 1. The fourth-order valence-electron chi connectivity index (χ4n) is 1.11. The molecule has 0 spiro atoms. The minimum atomic E-state index is -0.457. The second-order valence-electron chi connectivity index (χ2n) is 2.44. The zero-order valence-electron chi connectivity index (χ0n) is 6.87. The highest BCUT2D eigenvalue weighted by Gasteiger charge is 2.09. The molecule has 1 aromatic heterocycles. The Kier molecular flexibility index (Phi) is 2.28. The third-order valence-corrected chi connectivity index (χ3v) is 1.71. The van der Waals surface area contributed by atoms with E-state index in [1.807, 2.05) is 6.92 Å². The van der Waals surface area contributed by atoms with Gasteiger partial charge >= 0.3 is 0 Å². The molecule has 1 amide bonds. The molecule has 0 radical (unpaired) electrons. The Hall–Kier alpha value is -1.58. The van der Waals surface area contributed by atoms with Gasteiger partial charge < -0.3 is 11.5 Å². The van der Waals surface area contributed by atoms with E-state index in [1.54, 1.807) is 6.07 Å². The molecule has 0 aliphatic carbocycles. The highest BCUT2D eigenvalue weighted by molar-refractivity contribution is 5.95. The van der Waals surface area contributed by atoms with Crippen molar-refractivity contribution in [3.8, 4) is 0 Å². The van der Waals surface area contributed by atoms with Crippen LogP contribution in [0.3, 0.4) is 0 Å². The fourth-order valence-corrected chi connectivity index (χ4v) is 1.11.